The highest BCUT2D eigenvalue weighted by Crippen LogP contribution is 2.24. The van der Waals surface area contributed by atoms with Gasteiger partial charge in [-0.05, 0) is 29.8 Å². The molecule has 3 rings (SSSR count). The zero-order valence-corrected chi connectivity index (χ0v) is 9.71. The van der Waals surface area contributed by atoms with Gasteiger partial charge in [0.05, 0.1) is 6.20 Å². The summed E-state index contributed by atoms with van der Waals surface area (Å²) in [6.07, 6.45) is 3.67. The molecule has 1 aromatic heterocycles. The lowest BCUT2D eigenvalue weighted by Gasteiger charge is -2.05. The van der Waals surface area contributed by atoms with Crippen LogP contribution in [0, 0.1) is 0 Å². The fourth-order valence-electron chi connectivity index (χ4n) is 1.75. The second kappa shape index (κ2) is 4.75. The molecule has 2 aromatic carbocycles. The van der Waals surface area contributed by atoms with Crippen LogP contribution in [0.5, 0.6) is 11.5 Å². The quantitative estimate of drug-likeness (QED) is 0.749. The average molecular weight is 236 g/mol. The number of hydrogen-bond donors (Lipinski definition) is 1. The number of hydrogen-bond acceptors (Lipinski definition) is 2. The highest BCUT2D eigenvalue weighted by atomic mass is 16.5. The third-order valence-corrected chi connectivity index (χ3v) is 2.66. The van der Waals surface area contributed by atoms with E-state index < -0.39 is 0 Å². The van der Waals surface area contributed by atoms with Crippen LogP contribution in [0.2, 0.25) is 0 Å². The predicted octanol–water partition coefficient (Wildman–Crippen LogP) is 3.87. The fourth-order valence-corrected chi connectivity index (χ4v) is 1.75. The molecule has 3 aromatic rings. The maximum Gasteiger partial charge on any atom is 0.127 e. The summed E-state index contributed by atoms with van der Waals surface area (Å²) in [6.45, 7) is 0. The molecule has 0 unspecified atom stereocenters. The molecule has 0 saturated heterocycles. The molecule has 0 aliphatic carbocycles. The molecule has 0 atom stereocenters. The number of H-pyrrole nitrogens is 1. The smallest absolute Gasteiger partial charge is 0.127 e. The number of para-hydroxylation sites is 1. The highest BCUT2D eigenvalue weighted by Gasteiger charge is 2.00. The lowest BCUT2D eigenvalue weighted by molar-refractivity contribution is 0.483. The molecule has 0 amide bonds. The fraction of sp³-hybridized carbons (Fsp3) is 0. The molecule has 3 nitrogen and oxygen atoms in total. The van der Waals surface area contributed by atoms with Crippen LogP contribution in [0.25, 0.3) is 11.1 Å². The van der Waals surface area contributed by atoms with Crippen LogP contribution in [0.1, 0.15) is 0 Å². The minimum absolute atomic E-state index is 0.827. The van der Waals surface area contributed by atoms with Crippen LogP contribution in [-0.2, 0) is 0 Å². The molecule has 0 spiro atoms. The Kier molecular flexibility index (Phi) is 2.80. The standard InChI is InChI=1S/C15H12N2O/c1-2-4-14(5-3-1)18-15-8-6-12(7-9-15)13-10-16-17-11-13/h1-11H,(H,16,17). The summed E-state index contributed by atoms with van der Waals surface area (Å²) in [5.41, 5.74) is 2.19. The van der Waals surface area contributed by atoms with Gasteiger partial charge in [-0.15, -0.1) is 0 Å². The molecule has 0 fully saturated rings. The number of aromatic amines is 1. The van der Waals surface area contributed by atoms with E-state index in [9.17, 15) is 0 Å². The number of nitrogens with zero attached hydrogens (tertiary/aromatic N) is 1. The molecule has 1 heterocycles. The van der Waals surface area contributed by atoms with Crippen LogP contribution in [0.15, 0.2) is 67.0 Å². The van der Waals surface area contributed by atoms with Crippen molar-refractivity contribution in [2.75, 3.05) is 0 Å². The Balaban J connectivity index is 1.80. The van der Waals surface area contributed by atoms with Gasteiger partial charge in [-0.1, -0.05) is 30.3 Å². The summed E-state index contributed by atoms with van der Waals surface area (Å²) in [5.74, 6) is 1.67. The summed E-state index contributed by atoms with van der Waals surface area (Å²) in [5, 5.41) is 6.73. The average Bonchev–Trinajstić information content (AvgIpc) is 2.95. The minimum atomic E-state index is 0.827. The normalized spacial score (nSPS) is 10.2. The van der Waals surface area contributed by atoms with E-state index in [2.05, 4.69) is 10.2 Å². The van der Waals surface area contributed by atoms with Crippen molar-refractivity contribution >= 4 is 0 Å². The van der Waals surface area contributed by atoms with Crippen molar-refractivity contribution in [3.05, 3.63) is 67.0 Å². The van der Waals surface area contributed by atoms with Crippen LogP contribution in [0.3, 0.4) is 0 Å². The Morgan fingerprint density at radius 2 is 1.50 bits per heavy atom. The molecule has 0 radical (unpaired) electrons. The third kappa shape index (κ3) is 2.25. The van der Waals surface area contributed by atoms with Gasteiger partial charge in [0.25, 0.3) is 0 Å². The van der Waals surface area contributed by atoms with E-state index in [1.54, 1.807) is 6.20 Å². The van der Waals surface area contributed by atoms with Crippen molar-refractivity contribution in [2.45, 2.75) is 0 Å². The molecule has 88 valence electrons. The third-order valence-electron chi connectivity index (χ3n) is 2.66. The summed E-state index contributed by atoms with van der Waals surface area (Å²) in [6, 6.07) is 17.7. The van der Waals surface area contributed by atoms with Gasteiger partial charge in [-0.2, -0.15) is 5.10 Å². The first-order valence-electron chi connectivity index (χ1n) is 5.74. The first-order valence-corrected chi connectivity index (χ1v) is 5.74. The summed E-state index contributed by atoms with van der Waals surface area (Å²) >= 11 is 0. The molecular weight excluding hydrogens is 224 g/mol. The highest BCUT2D eigenvalue weighted by molar-refractivity contribution is 5.62. The van der Waals surface area contributed by atoms with Crippen LogP contribution >= 0.6 is 0 Å². The number of benzene rings is 2. The van der Waals surface area contributed by atoms with Gasteiger partial charge in [0.1, 0.15) is 11.5 Å². The molecule has 18 heavy (non-hydrogen) atoms. The lowest BCUT2D eigenvalue weighted by atomic mass is 10.1. The Morgan fingerprint density at radius 3 is 2.17 bits per heavy atom. The zero-order chi connectivity index (χ0) is 12.2. The maximum absolute atomic E-state index is 5.73. The van der Waals surface area contributed by atoms with Crippen LogP contribution in [0.4, 0.5) is 0 Å². The van der Waals surface area contributed by atoms with Gasteiger partial charge in [-0.25, -0.2) is 0 Å². The zero-order valence-electron chi connectivity index (χ0n) is 9.71. The van der Waals surface area contributed by atoms with Crippen molar-refractivity contribution in [3.63, 3.8) is 0 Å². The second-order valence-electron chi connectivity index (χ2n) is 3.93. The van der Waals surface area contributed by atoms with Crippen molar-refractivity contribution in [2.24, 2.45) is 0 Å². The summed E-state index contributed by atoms with van der Waals surface area (Å²) in [7, 11) is 0. The summed E-state index contributed by atoms with van der Waals surface area (Å²) in [4.78, 5) is 0. The molecular formula is C15H12N2O. The number of aromatic nitrogens is 2. The van der Waals surface area contributed by atoms with Gasteiger partial charge in [0, 0.05) is 11.8 Å². The molecule has 0 bridgehead atoms. The van der Waals surface area contributed by atoms with E-state index >= 15 is 0 Å². The Hall–Kier alpha value is -2.55. The van der Waals surface area contributed by atoms with Crippen molar-refractivity contribution in [3.8, 4) is 22.6 Å². The van der Waals surface area contributed by atoms with Crippen LogP contribution in [-0.4, -0.2) is 10.2 Å². The molecule has 0 aliphatic heterocycles. The van der Waals surface area contributed by atoms with Gasteiger partial charge in [0.2, 0.25) is 0 Å². The Morgan fingerprint density at radius 1 is 0.778 bits per heavy atom. The van der Waals surface area contributed by atoms with Crippen molar-refractivity contribution < 1.29 is 4.74 Å². The summed E-state index contributed by atoms with van der Waals surface area (Å²) < 4.78 is 5.73. The molecule has 1 N–H and O–H groups in total. The molecule has 0 aliphatic rings. The van der Waals surface area contributed by atoms with Crippen LogP contribution < -0.4 is 4.74 Å². The van der Waals surface area contributed by atoms with E-state index in [0.717, 1.165) is 22.6 Å². The topological polar surface area (TPSA) is 37.9 Å². The molecule has 0 saturated carbocycles. The van der Waals surface area contributed by atoms with E-state index in [4.69, 9.17) is 4.74 Å². The van der Waals surface area contributed by atoms with Gasteiger partial charge in [-0.3, -0.25) is 5.10 Å². The first kappa shape index (κ1) is 10.6. The van der Waals surface area contributed by atoms with Gasteiger partial charge >= 0.3 is 0 Å². The number of nitrogens with one attached hydrogen (secondary N) is 1. The van der Waals surface area contributed by atoms with Crippen molar-refractivity contribution in [1.29, 1.82) is 0 Å². The van der Waals surface area contributed by atoms with Gasteiger partial charge in [0.15, 0.2) is 0 Å². The SMILES string of the molecule is c1ccc(Oc2ccc(-c3cn[nH]c3)cc2)cc1. The largest absolute Gasteiger partial charge is 0.457 e. The monoisotopic (exact) mass is 236 g/mol. The maximum atomic E-state index is 5.73. The number of ether oxygens (including phenoxy) is 1. The molecule has 3 heteroatoms. The number of rotatable bonds is 3. The van der Waals surface area contributed by atoms with Gasteiger partial charge < -0.3 is 4.74 Å². The Labute approximate surface area is 105 Å². The van der Waals surface area contributed by atoms with E-state index in [1.807, 2.05) is 60.8 Å². The van der Waals surface area contributed by atoms with E-state index in [-0.39, 0.29) is 0 Å². The second-order valence-corrected chi connectivity index (χ2v) is 3.93. The first-order chi connectivity index (χ1) is 8.92. The van der Waals surface area contributed by atoms with E-state index in [1.165, 1.54) is 0 Å². The van der Waals surface area contributed by atoms with E-state index in [0.29, 0.717) is 0 Å². The predicted molar refractivity (Wildman–Crippen MR) is 70.5 cm³/mol. The minimum Gasteiger partial charge on any atom is -0.457 e. The Bertz CT molecular complexity index is 601. The van der Waals surface area contributed by atoms with Crippen molar-refractivity contribution in [1.82, 2.24) is 10.2 Å². The lowest BCUT2D eigenvalue weighted by Crippen LogP contribution is -1.83.